The van der Waals surface area contributed by atoms with E-state index in [0.717, 1.165) is 24.3 Å². The number of halogens is 2. The molecule has 0 aliphatic carbocycles. The minimum absolute atomic E-state index is 0.228. The first kappa shape index (κ1) is 13.8. The summed E-state index contributed by atoms with van der Waals surface area (Å²) in [5.41, 5.74) is 1.79. The van der Waals surface area contributed by atoms with Crippen molar-refractivity contribution in [1.29, 1.82) is 0 Å². The highest BCUT2D eigenvalue weighted by Crippen LogP contribution is 2.10. The maximum absolute atomic E-state index is 12.2. The quantitative estimate of drug-likeness (QED) is 0.798. The number of pyridine rings is 1. The first-order valence-corrected chi connectivity index (χ1v) is 5.77. The number of hydrogen-bond donors (Lipinski definition) is 1. The van der Waals surface area contributed by atoms with E-state index < -0.39 is 6.43 Å². The first-order chi connectivity index (χ1) is 8.11. The van der Waals surface area contributed by atoms with E-state index in [1.165, 1.54) is 0 Å². The fourth-order valence-corrected chi connectivity index (χ4v) is 1.52. The van der Waals surface area contributed by atoms with Gasteiger partial charge in [0.1, 0.15) is 0 Å². The molecular weight excluding hydrogens is 224 g/mol. The Labute approximate surface area is 101 Å². The van der Waals surface area contributed by atoms with Crippen molar-refractivity contribution in [3.63, 3.8) is 0 Å². The SMILES string of the molecule is CCCNc1ccnc(CN(C)CC(F)F)c1. The smallest absolute Gasteiger partial charge is 0.251 e. The Bertz CT molecular complexity index is 331. The van der Waals surface area contributed by atoms with Crippen LogP contribution in [0.1, 0.15) is 19.0 Å². The Kier molecular flexibility index (Phi) is 5.83. The van der Waals surface area contributed by atoms with Gasteiger partial charge in [0.25, 0.3) is 6.43 Å². The zero-order valence-corrected chi connectivity index (χ0v) is 10.3. The van der Waals surface area contributed by atoms with Crippen LogP contribution in [0.15, 0.2) is 18.3 Å². The Balaban J connectivity index is 2.52. The topological polar surface area (TPSA) is 28.2 Å². The van der Waals surface area contributed by atoms with Crippen LogP contribution >= 0.6 is 0 Å². The van der Waals surface area contributed by atoms with Crippen molar-refractivity contribution in [2.24, 2.45) is 0 Å². The number of alkyl halides is 2. The van der Waals surface area contributed by atoms with Crippen LogP contribution in [-0.4, -0.2) is 36.4 Å². The second kappa shape index (κ2) is 7.17. The summed E-state index contributed by atoms with van der Waals surface area (Å²) in [5, 5.41) is 3.24. The summed E-state index contributed by atoms with van der Waals surface area (Å²) < 4.78 is 24.3. The van der Waals surface area contributed by atoms with Crippen LogP contribution in [0.2, 0.25) is 0 Å². The summed E-state index contributed by atoms with van der Waals surface area (Å²) in [4.78, 5) is 5.73. The predicted molar refractivity (Wildman–Crippen MR) is 65.4 cm³/mol. The Morgan fingerprint density at radius 2 is 2.24 bits per heavy atom. The minimum atomic E-state index is -2.30. The van der Waals surface area contributed by atoms with Crippen LogP contribution in [0.4, 0.5) is 14.5 Å². The molecule has 3 nitrogen and oxygen atoms in total. The fraction of sp³-hybridized carbons (Fsp3) is 0.583. The normalized spacial score (nSPS) is 11.2. The van der Waals surface area contributed by atoms with Crippen molar-refractivity contribution in [1.82, 2.24) is 9.88 Å². The Morgan fingerprint density at radius 3 is 2.88 bits per heavy atom. The van der Waals surface area contributed by atoms with Gasteiger partial charge in [0.15, 0.2) is 0 Å². The molecule has 0 amide bonds. The summed E-state index contributed by atoms with van der Waals surface area (Å²) in [6, 6.07) is 3.78. The first-order valence-electron chi connectivity index (χ1n) is 5.77. The lowest BCUT2D eigenvalue weighted by Gasteiger charge is -2.15. The summed E-state index contributed by atoms with van der Waals surface area (Å²) >= 11 is 0. The zero-order chi connectivity index (χ0) is 12.7. The average molecular weight is 243 g/mol. The molecule has 17 heavy (non-hydrogen) atoms. The van der Waals surface area contributed by atoms with Gasteiger partial charge >= 0.3 is 0 Å². The second-order valence-corrected chi connectivity index (χ2v) is 4.05. The summed E-state index contributed by atoms with van der Waals surface area (Å²) in [5.74, 6) is 0. The van der Waals surface area contributed by atoms with Gasteiger partial charge in [0, 0.05) is 25.0 Å². The van der Waals surface area contributed by atoms with Crippen LogP contribution in [-0.2, 0) is 6.54 Å². The fourth-order valence-electron chi connectivity index (χ4n) is 1.52. The maximum atomic E-state index is 12.2. The molecule has 0 spiro atoms. The van der Waals surface area contributed by atoms with E-state index in [4.69, 9.17) is 0 Å². The van der Waals surface area contributed by atoms with Gasteiger partial charge in [-0.15, -0.1) is 0 Å². The summed E-state index contributed by atoms with van der Waals surface area (Å²) in [7, 11) is 1.67. The van der Waals surface area contributed by atoms with Crippen molar-refractivity contribution in [2.75, 3.05) is 25.5 Å². The third-order valence-electron chi connectivity index (χ3n) is 2.28. The molecule has 0 aliphatic heterocycles. The lowest BCUT2D eigenvalue weighted by atomic mass is 10.3. The lowest BCUT2D eigenvalue weighted by molar-refractivity contribution is 0.0971. The van der Waals surface area contributed by atoms with E-state index in [2.05, 4.69) is 17.2 Å². The van der Waals surface area contributed by atoms with Gasteiger partial charge in [0.05, 0.1) is 12.2 Å². The van der Waals surface area contributed by atoms with Gasteiger partial charge in [-0.05, 0) is 25.6 Å². The van der Waals surface area contributed by atoms with Crippen LogP contribution in [0.3, 0.4) is 0 Å². The van der Waals surface area contributed by atoms with Crippen molar-refractivity contribution in [3.05, 3.63) is 24.0 Å². The van der Waals surface area contributed by atoms with Gasteiger partial charge in [0.2, 0.25) is 0 Å². The van der Waals surface area contributed by atoms with Crippen LogP contribution in [0.25, 0.3) is 0 Å². The molecule has 0 saturated carbocycles. The zero-order valence-electron chi connectivity index (χ0n) is 10.3. The highest BCUT2D eigenvalue weighted by atomic mass is 19.3. The van der Waals surface area contributed by atoms with Gasteiger partial charge in [-0.1, -0.05) is 6.92 Å². The molecule has 0 saturated heterocycles. The van der Waals surface area contributed by atoms with E-state index in [-0.39, 0.29) is 6.54 Å². The van der Waals surface area contributed by atoms with Gasteiger partial charge < -0.3 is 5.32 Å². The standard InChI is InChI=1S/C12H19F2N3/c1-3-5-15-10-4-6-16-11(7-10)8-17(2)9-12(13)14/h4,6-7,12H,3,5,8-9H2,1-2H3,(H,15,16). The lowest BCUT2D eigenvalue weighted by Crippen LogP contribution is -2.24. The minimum Gasteiger partial charge on any atom is -0.385 e. The molecule has 0 aliphatic rings. The molecular formula is C12H19F2N3. The molecule has 0 radical (unpaired) electrons. The third-order valence-corrected chi connectivity index (χ3v) is 2.28. The number of nitrogens with zero attached hydrogens (tertiary/aromatic N) is 2. The predicted octanol–water partition coefficient (Wildman–Crippen LogP) is 2.60. The molecule has 1 N–H and O–H groups in total. The molecule has 1 aromatic heterocycles. The monoisotopic (exact) mass is 243 g/mol. The molecule has 1 aromatic rings. The van der Waals surface area contributed by atoms with Gasteiger partial charge in [-0.2, -0.15) is 0 Å². The molecule has 1 heterocycles. The van der Waals surface area contributed by atoms with Gasteiger partial charge in [-0.3, -0.25) is 9.88 Å². The molecule has 0 bridgehead atoms. The van der Waals surface area contributed by atoms with E-state index in [9.17, 15) is 8.78 Å². The Hall–Kier alpha value is -1.23. The molecule has 0 atom stereocenters. The van der Waals surface area contributed by atoms with E-state index >= 15 is 0 Å². The summed E-state index contributed by atoms with van der Waals surface area (Å²) in [6.07, 6.45) is 0.438. The highest BCUT2D eigenvalue weighted by molar-refractivity contribution is 5.43. The van der Waals surface area contributed by atoms with E-state index in [0.29, 0.717) is 6.54 Å². The van der Waals surface area contributed by atoms with E-state index in [1.54, 1.807) is 18.1 Å². The molecule has 1 rings (SSSR count). The molecule has 5 heteroatoms. The maximum Gasteiger partial charge on any atom is 0.251 e. The largest absolute Gasteiger partial charge is 0.385 e. The van der Waals surface area contributed by atoms with Crippen molar-refractivity contribution in [2.45, 2.75) is 26.3 Å². The second-order valence-electron chi connectivity index (χ2n) is 4.05. The average Bonchev–Trinajstić information content (AvgIpc) is 2.25. The van der Waals surface area contributed by atoms with Crippen LogP contribution < -0.4 is 5.32 Å². The van der Waals surface area contributed by atoms with Gasteiger partial charge in [-0.25, -0.2) is 8.78 Å². The molecule has 96 valence electrons. The van der Waals surface area contributed by atoms with Crippen molar-refractivity contribution in [3.8, 4) is 0 Å². The molecule has 0 fully saturated rings. The number of rotatable bonds is 7. The summed E-state index contributed by atoms with van der Waals surface area (Å²) in [6.45, 7) is 3.20. The van der Waals surface area contributed by atoms with Crippen molar-refractivity contribution >= 4 is 5.69 Å². The van der Waals surface area contributed by atoms with Crippen molar-refractivity contribution < 1.29 is 8.78 Å². The number of nitrogens with one attached hydrogen (secondary N) is 1. The molecule has 0 aromatic carbocycles. The highest BCUT2D eigenvalue weighted by Gasteiger charge is 2.08. The van der Waals surface area contributed by atoms with E-state index in [1.807, 2.05) is 12.1 Å². The Morgan fingerprint density at radius 1 is 1.47 bits per heavy atom. The number of anilines is 1. The van der Waals surface area contributed by atoms with Crippen LogP contribution in [0.5, 0.6) is 0 Å². The third kappa shape index (κ3) is 5.58. The molecule has 0 unspecified atom stereocenters. The van der Waals surface area contributed by atoms with Crippen LogP contribution in [0, 0.1) is 0 Å². The number of aromatic nitrogens is 1. The number of hydrogen-bond acceptors (Lipinski definition) is 3.